The van der Waals surface area contributed by atoms with Crippen LogP contribution in [0.15, 0.2) is 42.6 Å². The number of carbonyl (C=O) groups excluding carboxylic acids is 1. The van der Waals surface area contributed by atoms with Crippen LogP contribution in [0.4, 0.5) is 10.5 Å². The highest BCUT2D eigenvalue weighted by Gasteiger charge is 2.23. The SMILES string of the molecule is Cc1ccnc(C(O)C(O)CNC(=O)OCc2ccccc2)c1N. The third-order valence-electron chi connectivity index (χ3n) is 3.55. The van der Waals surface area contributed by atoms with E-state index in [0.29, 0.717) is 5.69 Å². The van der Waals surface area contributed by atoms with Gasteiger partial charge in [-0.1, -0.05) is 30.3 Å². The van der Waals surface area contributed by atoms with Gasteiger partial charge in [-0.05, 0) is 24.1 Å². The first-order chi connectivity index (χ1) is 11.5. The molecule has 2 rings (SSSR count). The van der Waals surface area contributed by atoms with Crippen molar-refractivity contribution in [1.82, 2.24) is 10.3 Å². The Morgan fingerprint density at radius 3 is 2.71 bits per heavy atom. The number of nitrogens with one attached hydrogen (secondary N) is 1. The molecular weight excluding hydrogens is 310 g/mol. The van der Waals surface area contributed by atoms with Gasteiger partial charge in [-0.15, -0.1) is 0 Å². The zero-order chi connectivity index (χ0) is 17.5. The Labute approximate surface area is 140 Å². The van der Waals surface area contributed by atoms with Crippen LogP contribution < -0.4 is 11.1 Å². The van der Waals surface area contributed by atoms with Gasteiger partial charge in [0.15, 0.2) is 0 Å². The van der Waals surface area contributed by atoms with Crippen LogP contribution in [0.3, 0.4) is 0 Å². The number of anilines is 1. The molecular formula is C17H21N3O4. The van der Waals surface area contributed by atoms with Crippen LogP contribution in [0.1, 0.15) is 22.9 Å². The number of nitrogens with zero attached hydrogens (tertiary/aromatic N) is 1. The maximum absolute atomic E-state index is 11.6. The highest BCUT2D eigenvalue weighted by atomic mass is 16.5. The van der Waals surface area contributed by atoms with E-state index in [9.17, 15) is 15.0 Å². The average Bonchev–Trinajstić information content (AvgIpc) is 2.60. The van der Waals surface area contributed by atoms with Gasteiger partial charge in [0, 0.05) is 12.7 Å². The van der Waals surface area contributed by atoms with Crippen molar-refractivity contribution in [1.29, 1.82) is 0 Å². The number of aliphatic hydroxyl groups is 2. The molecule has 2 atom stereocenters. The van der Waals surface area contributed by atoms with E-state index >= 15 is 0 Å². The lowest BCUT2D eigenvalue weighted by Crippen LogP contribution is -2.36. The molecule has 0 saturated carbocycles. The molecule has 1 heterocycles. The van der Waals surface area contributed by atoms with E-state index in [1.54, 1.807) is 13.0 Å². The number of hydrogen-bond acceptors (Lipinski definition) is 6. The number of rotatable bonds is 6. The molecule has 0 aliphatic rings. The Bertz CT molecular complexity index is 679. The molecule has 2 unspecified atom stereocenters. The Kier molecular flexibility index (Phi) is 6.11. The molecule has 1 aromatic carbocycles. The topological polar surface area (TPSA) is 118 Å². The molecule has 7 heteroatoms. The maximum atomic E-state index is 11.6. The van der Waals surface area contributed by atoms with Crippen LogP contribution in [-0.2, 0) is 11.3 Å². The van der Waals surface area contributed by atoms with Gasteiger partial charge in [0.1, 0.15) is 18.8 Å². The Morgan fingerprint density at radius 1 is 1.29 bits per heavy atom. The summed E-state index contributed by atoms with van der Waals surface area (Å²) in [6.07, 6.45) is -1.75. The third-order valence-corrected chi connectivity index (χ3v) is 3.55. The summed E-state index contributed by atoms with van der Waals surface area (Å²) in [4.78, 5) is 15.6. The van der Waals surface area contributed by atoms with E-state index in [1.807, 2.05) is 30.3 Å². The number of amides is 1. The van der Waals surface area contributed by atoms with Crippen molar-refractivity contribution in [2.45, 2.75) is 25.7 Å². The number of hydrogen-bond donors (Lipinski definition) is 4. The Hall–Kier alpha value is -2.64. The largest absolute Gasteiger partial charge is 0.445 e. The summed E-state index contributed by atoms with van der Waals surface area (Å²) in [6.45, 7) is 1.71. The van der Waals surface area contributed by atoms with Crippen molar-refractivity contribution >= 4 is 11.8 Å². The van der Waals surface area contributed by atoms with Gasteiger partial charge in [0.05, 0.1) is 11.4 Å². The van der Waals surface area contributed by atoms with Crippen molar-refractivity contribution < 1.29 is 19.7 Å². The van der Waals surface area contributed by atoms with Gasteiger partial charge in [-0.25, -0.2) is 4.79 Å². The lowest BCUT2D eigenvalue weighted by atomic mass is 10.1. The van der Waals surface area contributed by atoms with Crippen LogP contribution in [-0.4, -0.2) is 33.9 Å². The van der Waals surface area contributed by atoms with Crippen molar-refractivity contribution in [2.75, 3.05) is 12.3 Å². The quantitative estimate of drug-likeness (QED) is 0.633. The fourth-order valence-electron chi connectivity index (χ4n) is 2.08. The zero-order valence-corrected chi connectivity index (χ0v) is 13.3. The second-order valence-electron chi connectivity index (χ2n) is 5.38. The molecule has 0 bridgehead atoms. The van der Waals surface area contributed by atoms with Crippen molar-refractivity contribution in [2.24, 2.45) is 0 Å². The van der Waals surface area contributed by atoms with Gasteiger partial charge in [0.2, 0.25) is 0 Å². The smallest absolute Gasteiger partial charge is 0.407 e. The van der Waals surface area contributed by atoms with E-state index < -0.39 is 18.3 Å². The summed E-state index contributed by atoms with van der Waals surface area (Å²) in [6, 6.07) is 10.9. The van der Waals surface area contributed by atoms with Crippen LogP contribution in [0.25, 0.3) is 0 Å². The predicted molar refractivity (Wildman–Crippen MR) is 89.0 cm³/mol. The highest BCUT2D eigenvalue weighted by Crippen LogP contribution is 2.23. The first-order valence-electron chi connectivity index (χ1n) is 7.50. The summed E-state index contributed by atoms with van der Waals surface area (Å²) in [7, 11) is 0. The molecule has 7 nitrogen and oxygen atoms in total. The van der Waals surface area contributed by atoms with Crippen molar-refractivity contribution in [3.05, 3.63) is 59.4 Å². The predicted octanol–water partition coefficient (Wildman–Crippen LogP) is 1.29. The molecule has 5 N–H and O–H groups in total. The number of aryl methyl sites for hydroxylation is 1. The molecule has 1 amide bonds. The molecule has 0 spiro atoms. The minimum absolute atomic E-state index is 0.123. The fraction of sp³-hybridized carbons (Fsp3) is 0.294. The number of ether oxygens (including phenoxy) is 1. The van der Waals surface area contributed by atoms with Gasteiger partial charge in [0.25, 0.3) is 0 Å². The number of pyridine rings is 1. The number of aliphatic hydroxyl groups excluding tert-OH is 2. The molecule has 0 aliphatic heterocycles. The normalized spacial score (nSPS) is 13.1. The van der Waals surface area contributed by atoms with Crippen LogP contribution >= 0.6 is 0 Å². The average molecular weight is 331 g/mol. The summed E-state index contributed by atoms with van der Waals surface area (Å²) in [5.74, 6) is 0. The van der Waals surface area contributed by atoms with Crippen LogP contribution in [0, 0.1) is 6.92 Å². The second-order valence-corrected chi connectivity index (χ2v) is 5.38. The molecule has 0 fully saturated rings. The summed E-state index contributed by atoms with van der Waals surface area (Å²) < 4.78 is 5.02. The van der Waals surface area contributed by atoms with E-state index in [1.165, 1.54) is 6.20 Å². The molecule has 24 heavy (non-hydrogen) atoms. The molecule has 2 aromatic rings. The van der Waals surface area contributed by atoms with E-state index in [0.717, 1.165) is 11.1 Å². The number of aromatic nitrogens is 1. The molecule has 1 aromatic heterocycles. The number of alkyl carbamates (subject to hydrolysis) is 1. The Morgan fingerprint density at radius 2 is 2.00 bits per heavy atom. The maximum Gasteiger partial charge on any atom is 0.407 e. The fourth-order valence-corrected chi connectivity index (χ4v) is 2.08. The van der Waals surface area contributed by atoms with Gasteiger partial charge < -0.3 is 26.0 Å². The van der Waals surface area contributed by atoms with Crippen molar-refractivity contribution in [3.63, 3.8) is 0 Å². The summed E-state index contributed by atoms with van der Waals surface area (Å²) in [5.41, 5.74) is 7.94. The van der Waals surface area contributed by atoms with Crippen molar-refractivity contribution in [3.8, 4) is 0 Å². The minimum Gasteiger partial charge on any atom is -0.445 e. The lowest BCUT2D eigenvalue weighted by Gasteiger charge is -2.19. The number of nitrogen functional groups attached to an aromatic ring is 1. The van der Waals surface area contributed by atoms with Gasteiger partial charge in [-0.2, -0.15) is 0 Å². The molecule has 0 saturated heterocycles. The number of nitrogens with two attached hydrogens (primary N) is 1. The zero-order valence-electron chi connectivity index (χ0n) is 13.3. The number of carbonyl (C=O) groups is 1. The van der Waals surface area contributed by atoms with E-state index in [4.69, 9.17) is 10.5 Å². The first-order valence-corrected chi connectivity index (χ1v) is 7.50. The third kappa shape index (κ3) is 4.68. The second kappa shape index (κ2) is 8.28. The number of benzene rings is 1. The van der Waals surface area contributed by atoms with E-state index in [-0.39, 0.29) is 18.8 Å². The molecule has 0 aliphatic carbocycles. The summed E-state index contributed by atoms with van der Waals surface area (Å²) >= 11 is 0. The molecule has 128 valence electrons. The minimum atomic E-state index is -1.31. The highest BCUT2D eigenvalue weighted by molar-refractivity contribution is 5.67. The standard InChI is InChI=1S/C17H21N3O4/c1-11-7-8-19-15(14(11)18)16(22)13(21)9-20-17(23)24-10-12-5-3-2-4-6-12/h2-8,13,16,21-22H,9-10,18H2,1H3,(H,20,23). The van der Waals surface area contributed by atoms with Crippen LogP contribution in [0.5, 0.6) is 0 Å². The molecule has 0 radical (unpaired) electrons. The monoisotopic (exact) mass is 331 g/mol. The van der Waals surface area contributed by atoms with Crippen LogP contribution in [0.2, 0.25) is 0 Å². The van der Waals surface area contributed by atoms with Gasteiger partial charge >= 0.3 is 6.09 Å². The van der Waals surface area contributed by atoms with E-state index in [2.05, 4.69) is 10.3 Å². The summed E-state index contributed by atoms with van der Waals surface area (Å²) in [5, 5.41) is 22.5. The first kappa shape index (κ1) is 17.7. The van der Waals surface area contributed by atoms with Gasteiger partial charge in [-0.3, -0.25) is 4.98 Å². The lowest BCUT2D eigenvalue weighted by molar-refractivity contribution is 0.0163. The Balaban J connectivity index is 1.82.